The fraction of sp³-hybridized carbons (Fsp3) is 0.429. The second-order valence-corrected chi connectivity index (χ2v) is 2.66. The lowest BCUT2D eigenvalue weighted by Crippen LogP contribution is -2.18. The Balaban J connectivity index is 2.74. The fourth-order valence-corrected chi connectivity index (χ4v) is 0.712. The zero-order valence-corrected chi connectivity index (χ0v) is 7.54. The smallest absolute Gasteiger partial charge is 0.386 e. The molecule has 0 aliphatic rings. The highest BCUT2D eigenvalue weighted by Gasteiger charge is 2.31. The van der Waals surface area contributed by atoms with Gasteiger partial charge in [-0.1, -0.05) is 0 Å². The molecule has 0 aliphatic carbocycles. The quantitative estimate of drug-likeness (QED) is 0.735. The molecule has 7 heteroatoms. The zero-order valence-electron chi connectivity index (χ0n) is 7.54. The van der Waals surface area contributed by atoms with Crippen molar-refractivity contribution in [2.45, 2.75) is 6.36 Å². The van der Waals surface area contributed by atoms with Gasteiger partial charge in [-0.2, -0.15) is 0 Å². The number of anilines is 1. The van der Waals surface area contributed by atoms with Crippen molar-refractivity contribution < 1.29 is 17.9 Å². The van der Waals surface area contributed by atoms with Crippen molar-refractivity contribution in [1.29, 1.82) is 0 Å². The standard InChI is InChI=1S/C7H8F3N3O/c1-13(2)5-3-12-6(4-11-5)14-7(8,9)10/h3-4H,1-2H3. The topological polar surface area (TPSA) is 38.2 Å². The van der Waals surface area contributed by atoms with Gasteiger partial charge in [-0.3, -0.25) is 0 Å². The third-order valence-corrected chi connectivity index (χ3v) is 1.29. The van der Waals surface area contributed by atoms with Gasteiger partial charge in [0, 0.05) is 14.1 Å². The molecule has 0 atom stereocenters. The van der Waals surface area contributed by atoms with E-state index >= 15 is 0 Å². The summed E-state index contributed by atoms with van der Waals surface area (Å²) in [5, 5.41) is 0. The number of hydrogen-bond donors (Lipinski definition) is 0. The summed E-state index contributed by atoms with van der Waals surface area (Å²) in [6.45, 7) is 0. The van der Waals surface area contributed by atoms with E-state index < -0.39 is 12.2 Å². The maximum atomic E-state index is 11.7. The molecule has 1 aromatic heterocycles. The van der Waals surface area contributed by atoms with Crippen molar-refractivity contribution >= 4 is 5.82 Å². The maximum absolute atomic E-state index is 11.7. The number of aromatic nitrogens is 2. The van der Waals surface area contributed by atoms with Crippen LogP contribution in [0.5, 0.6) is 5.88 Å². The summed E-state index contributed by atoms with van der Waals surface area (Å²) in [6, 6.07) is 0. The molecule has 0 N–H and O–H groups in total. The van der Waals surface area contributed by atoms with Crippen molar-refractivity contribution in [2.75, 3.05) is 19.0 Å². The molecule has 0 aromatic carbocycles. The number of halogens is 3. The molecule has 0 amide bonds. The Morgan fingerprint density at radius 2 is 1.86 bits per heavy atom. The van der Waals surface area contributed by atoms with Crippen LogP contribution in [-0.2, 0) is 0 Å². The van der Waals surface area contributed by atoms with Crippen LogP contribution in [0.4, 0.5) is 19.0 Å². The summed E-state index contributed by atoms with van der Waals surface area (Å²) in [5.74, 6) is -0.109. The zero-order chi connectivity index (χ0) is 10.8. The summed E-state index contributed by atoms with van der Waals surface area (Å²) in [5.41, 5.74) is 0. The van der Waals surface area contributed by atoms with Crippen molar-refractivity contribution in [2.24, 2.45) is 0 Å². The predicted octanol–water partition coefficient (Wildman–Crippen LogP) is 1.44. The van der Waals surface area contributed by atoms with Crippen LogP contribution in [0, 0.1) is 0 Å². The molecule has 0 bridgehead atoms. The number of nitrogens with zero attached hydrogens (tertiary/aromatic N) is 3. The molecule has 1 heterocycles. The van der Waals surface area contributed by atoms with E-state index in [1.54, 1.807) is 19.0 Å². The first kappa shape index (κ1) is 10.6. The van der Waals surface area contributed by atoms with E-state index in [1.807, 2.05) is 0 Å². The number of alkyl halides is 3. The Labute approximate surface area is 78.3 Å². The van der Waals surface area contributed by atoms with E-state index in [0.29, 0.717) is 5.82 Å². The molecule has 0 fully saturated rings. The van der Waals surface area contributed by atoms with Crippen molar-refractivity contribution in [3.8, 4) is 5.88 Å². The number of rotatable bonds is 2. The van der Waals surface area contributed by atoms with Crippen LogP contribution in [0.1, 0.15) is 0 Å². The van der Waals surface area contributed by atoms with E-state index in [1.165, 1.54) is 6.20 Å². The Morgan fingerprint density at radius 3 is 2.21 bits per heavy atom. The lowest BCUT2D eigenvalue weighted by atomic mass is 10.6. The van der Waals surface area contributed by atoms with Crippen molar-refractivity contribution in [1.82, 2.24) is 9.97 Å². The Kier molecular flexibility index (Phi) is 2.78. The summed E-state index contributed by atoms with van der Waals surface area (Å²) in [6.07, 6.45) is -2.61. The van der Waals surface area contributed by atoms with Gasteiger partial charge in [0.15, 0.2) is 0 Å². The van der Waals surface area contributed by atoms with Crippen LogP contribution in [0.3, 0.4) is 0 Å². The average Bonchev–Trinajstić information content (AvgIpc) is 2.02. The fourth-order valence-electron chi connectivity index (χ4n) is 0.712. The highest BCUT2D eigenvalue weighted by Crippen LogP contribution is 2.20. The predicted molar refractivity (Wildman–Crippen MR) is 43.0 cm³/mol. The van der Waals surface area contributed by atoms with Crippen molar-refractivity contribution in [3.63, 3.8) is 0 Å². The molecule has 0 radical (unpaired) electrons. The molecule has 14 heavy (non-hydrogen) atoms. The summed E-state index contributed by atoms with van der Waals surface area (Å²) in [4.78, 5) is 8.76. The molecule has 0 saturated heterocycles. The molecular formula is C7H8F3N3O. The van der Waals surface area contributed by atoms with Gasteiger partial charge in [-0.25, -0.2) is 9.97 Å². The van der Waals surface area contributed by atoms with Gasteiger partial charge in [-0.05, 0) is 0 Å². The van der Waals surface area contributed by atoms with Gasteiger partial charge in [-0.15, -0.1) is 13.2 Å². The normalized spacial score (nSPS) is 11.2. The molecular weight excluding hydrogens is 199 g/mol. The van der Waals surface area contributed by atoms with E-state index in [2.05, 4.69) is 14.7 Å². The van der Waals surface area contributed by atoms with Gasteiger partial charge in [0.25, 0.3) is 0 Å². The first-order valence-corrected chi connectivity index (χ1v) is 3.63. The molecule has 78 valence electrons. The third kappa shape index (κ3) is 3.08. The number of hydrogen-bond acceptors (Lipinski definition) is 4. The van der Waals surface area contributed by atoms with Gasteiger partial charge < -0.3 is 9.64 Å². The second kappa shape index (κ2) is 3.69. The van der Waals surface area contributed by atoms with Gasteiger partial charge in [0.2, 0.25) is 5.88 Å². The number of ether oxygens (including phenoxy) is 1. The first-order valence-electron chi connectivity index (χ1n) is 3.63. The van der Waals surface area contributed by atoms with Gasteiger partial charge in [0.05, 0.1) is 12.4 Å². The van der Waals surface area contributed by atoms with E-state index in [4.69, 9.17) is 0 Å². The van der Waals surface area contributed by atoms with Crippen LogP contribution < -0.4 is 9.64 Å². The first-order chi connectivity index (χ1) is 6.38. The van der Waals surface area contributed by atoms with E-state index in [0.717, 1.165) is 6.20 Å². The highest BCUT2D eigenvalue weighted by molar-refractivity contribution is 5.33. The lowest BCUT2D eigenvalue weighted by Gasteiger charge is -2.11. The Morgan fingerprint density at radius 1 is 1.21 bits per heavy atom. The summed E-state index contributed by atoms with van der Waals surface area (Å²) in [7, 11) is 3.41. The maximum Gasteiger partial charge on any atom is 0.574 e. The van der Waals surface area contributed by atoms with Crippen LogP contribution in [-0.4, -0.2) is 30.4 Å². The van der Waals surface area contributed by atoms with Gasteiger partial charge >= 0.3 is 6.36 Å². The van der Waals surface area contributed by atoms with E-state index in [-0.39, 0.29) is 0 Å². The average molecular weight is 207 g/mol. The minimum absolute atomic E-state index is 0.458. The summed E-state index contributed by atoms with van der Waals surface area (Å²) >= 11 is 0. The van der Waals surface area contributed by atoms with Gasteiger partial charge in [0.1, 0.15) is 5.82 Å². The minimum atomic E-state index is -4.73. The van der Waals surface area contributed by atoms with Crippen LogP contribution in [0.2, 0.25) is 0 Å². The molecule has 1 rings (SSSR count). The van der Waals surface area contributed by atoms with Crippen LogP contribution in [0.15, 0.2) is 12.4 Å². The second-order valence-electron chi connectivity index (χ2n) is 2.66. The van der Waals surface area contributed by atoms with E-state index in [9.17, 15) is 13.2 Å². The Bertz CT molecular complexity index is 296. The molecule has 0 saturated carbocycles. The SMILES string of the molecule is CN(C)c1cnc(OC(F)(F)F)cn1. The summed E-state index contributed by atoms with van der Waals surface area (Å²) < 4.78 is 38.6. The molecule has 4 nitrogen and oxygen atoms in total. The highest BCUT2D eigenvalue weighted by atomic mass is 19.4. The Hall–Kier alpha value is -1.53. The largest absolute Gasteiger partial charge is 0.574 e. The van der Waals surface area contributed by atoms with Crippen LogP contribution >= 0.6 is 0 Å². The molecule has 1 aromatic rings. The molecule has 0 aliphatic heterocycles. The van der Waals surface area contributed by atoms with Crippen molar-refractivity contribution in [3.05, 3.63) is 12.4 Å². The van der Waals surface area contributed by atoms with Crippen LogP contribution in [0.25, 0.3) is 0 Å². The third-order valence-electron chi connectivity index (χ3n) is 1.29. The lowest BCUT2D eigenvalue weighted by molar-refractivity contribution is -0.276. The molecule has 0 spiro atoms. The monoisotopic (exact) mass is 207 g/mol. The minimum Gasteiger partial charge on any atom is -0.386 e. The molecule has 0 unspecified atom stereocenters.